The van der Waals surface area contributed by atoms with E-state index in [-0.39, 0.29) is 0 Å². The van der Waals surface area contributed by atoms with Gasteiger partial charge < -0.3 is 5.73 Å². The molecule has 1 nitrogen and oxygen atoms in total. The van der Waals surface area contributed by atoms with E-state index in [0.717, 1.165) is 12.5 Å². The highest BCUT2D eigenvalue weighted by Gasteiger charge is 2.20. The molecule has 0 aromatic heterocycles. The maximum Gasteiger partial charge on any atom is -0.000824 e. The summed E-state index contributed by atoms with van der Waals surface area (Å²) in [6.45, 7) is 3.02. The number of fused-ring (bicyclic) bond motifs is 1. The average Bonchev–Trinajstić information content (AvgIpc) is 2.70. The highest BCUT2D eigenvalue weighted by Crippen LogP contribution is 2.31. The Kier molecular flexibility index (Phi) is 7.64. The van der Waals surface area contributed by atoms with Crippen LogP contribution in [-0.2, 0) is 19.3 Å². The van der Waals surface area contributed by atoms with Crippen LogP contribution in [0.1, 0.15) is 54.4 Å². The number of rotatable bonds is 9. The van der Waals surface area contributed by atoms with Gasteiger partial charge in [0.2, 0.25) is 0 Å². The van der Waals surface area contributed by atoms with Crippen LogP contribution in [0.15, 0.2) is 48.5 Å². The summed E-state index contributed by atoms with van der Waals surface area (Å²) in [5, 5.41) is 0. The smallest absolute Gasteiger partial charge is 0.000824 e. The van der Waals surface area contributed by atoms with Gasteiger partial charge in [-0.3, -0.25) is 0 Å². The molecule has 3 rings (SSSR count). The van der Waals surface area contributed by atoms with Crippen LogP contribution in [0.3, 0.4) is 0 Å². The first-order chi connectivity index (χ1) is 12.8. The minimum Gasteiger partial charge on any atom is -0.330 e. The van der Waals surface area contributed by atoms with E-state index < -0.39 is 0 Å². The van der Waals surface area contributed by atoms with Crippen LogP contribution in [0.4, 0.5) is 0 Å². The predicted molar refractivity (Wildman–Crippen MR) is 116 cm³/mol. The van der Waals surface area contributed by atoms with Gasteiger partial charge in [0.05, 0.1) is 0 Å². The molecule has 0 spiro atoms. The van der Waals surface area contributed by atoms with Gasteiger partial charge >= 0.3 is 0 Å². The molecule has 1 aliphatic rings. The lowest BCUT2D eigenvalue weighted by molar-refractivity contribution is 0.508. The highest BCUT2D eigenvalue weighted by molar-refractivity contribution is 7.99. The van der Waals surface area contributed by atoms with Crippen LogP contribution in [0.5, 0.6) is 0 Å². The average molecular weight is 368 g/mol. The van der Waals surface area contributed by atoms with Crippen molar-refractivity contribution in [2.75, 3.05) is 18.1 Å². The number of benzene rings is 2. The highest BCUT2D eigenvalue weighted by atomic mass is 32.2. The Balaban J connectivity index is 1.48. The third kappa shape index (κ3) is 5.37. The molecule has 2 aromatic carbocycles. The van der Waals surface area contributed by atoms with E-state index in [0.29, 0.717) is 5.92 Å². The van der Waals surface area contributed by atoms with Crippen molar-refractivity contribution in [3.63, 3.8) is 0 Å². The number of hydrogen-bond donors (Lipinski definition) is 1. The van der Waals surface area contributed by atoms with E-state index in [4.69, 9.17) is 5.73 Å². The van der Waals surface area contributed by atoms with Gasteiger partial charge in [0.1, 0.15) is 0 Å². The Morgan fingerprint density at radius 2 is 1.96 bits per heavy atom. The normalized spacial score (nSPS) is 17.7. The Morgan fingerprint density at radius 1 is 1.12 bits per heavy atom. The summed E-state index contributed by atoms with van der Waals surface area (Å²) in [7, 11) is 0. The van der Waals surface area contributed by atoms with Crippen molar-refractivity contribution < 1.29 is 0 Å². The molecule has 0 amide bonds. The van der Waals surface area contributed by atoms with Crippen LogP contribution in [0.2, 0.25) is 0 Å². The van der Waals surface area contributed by atoms with E-state index in [1.54, 1.807) is 11.1 Å². The van der Waals surface area contributed by atoms with Gasteiger partial charge in [-0.15, -0.1) is 0 Å². The molecule has 0 saturated heterocycles. The van der Waals surface area contributed by atoms with Gasteiger partial charge in [-0.2, -0.15) is 11.8 Å². The summed E-state index contributed by atoms with van der Waals surface area (Å²) in [6, 6.07) is 18.1. The van der Waals surface area contributed by atoms with Gasteiger partial charge in [-0.25, -0.2) is 0 Å². The zero-order chi connectivity index (χ0) is 18.2. The second-order valence-electron chi connectivity index (χ2n) is 7.67. The topological polar surface area (TPSA) is 26.0 Å². The molecular formula is C24H33NS. The molecule has 2 N–H and O–H groups in total. The number of thioether (sulfide) groups is 1. The maximum absolute atomic E-state index is 6.00. The van der Waals surface area contributed by atoms with Crippen LogP contribution < -0.4 is 5.73 Å². The number of hydrogen-bond acceptors (Lipinski definition) is 2. The third-order valence-electron chi connectivity index (χ3n) is 5.69. The molecule has 2 atom stereocenters. The van der Waals surface area contributed by atoms with Gasteiger partial charge in [0, 0.05) is 0 Å². The third-order valence-corrected chi connectivity index (χ3v) is 6.89. The molecular weight excluding hydrogens is 334 g/mol. The monoisotopic (exact) mass is 367 g/mol. The van der Waals surface area contributed by atoms with E-state index in [9.17, 15) is 0 Å². The minimum absolute atomic E-state index is 0.538. The second-order valence-corrected chi connectivity index (χ2v) is 8.82. The minimum atomic E-state index is 0.538. The fraction of sp³-hybridized carbons (Fsp3) is 0.500. The summed E-state index contributed by atoms with van der Waals surface area (Å²) in [4.78, 5) is 0. The van der Waals surface area contributed by atoms with Crippen molar-refractivity contribution in [3.05, 3.63) is 70.8 Å². The standard InChI is InChI=1S/C24H33NS/c1-2-6-24(17-25)23-12-11-21-15-20(9-10-22(21)16-23)18-26-14-13-19-7-4-3-5-8-19/h3-5,7-8,11-12,16,20,24H,2,6,9-10,13-15,17-18,25H2,1H3. The van der Waals surface area contributed by atoms with Crippen molar-refractivity contribution in [2.24, 2.45) is 11.7 Å². The first-order valence-electron chi connectivity index (χ1n) is 10.2. The van der Waals surface area contributed by atoms with Crippen LogP contribution in [0, 0.1) is 5.92 Å². The molecule has 0 heterocycles. The molecule has 0 bridgehead atoms. The predicted octanol–water partition coefficient (Wildman–Crippen LogP) is 5.61. The van der Waals surface area contributed by atoms with Crippen molar-refractivity contribution in [1.82, 2.24) is 0 Å². The maximum atomic E-state index is 6.00. The zero-order valence-electron chi connectivity index (χ0n) is 16.1. The molecule has 1 aliphatic carbocycles. The van der Waals surface area contributed by atoms with Crippen LogP contribution in [0.25, 0.3) is 0 Å². The SMILES string of the molecule is CCCC(CN)c1ccc2c(c1)CCC(CSCCc1ccccc1)C2. The Hall–Kier alpha value is -1.25. The Labute approximate surface area is 163 Å². The zero-order valence-corrected chi connectivity index (χ0v) is 16.9. The number of nitrogens with two attached hydrogens (primary N) is 1. The number of aryl methyl sites for hydroxylation is 2. The molecule has 0 saturated carbocycles. The molecule has 0 aliphatic heterocycles. The lowest BCUT2D eigenvalue weighted by Gasteiger charge is -2.26. The van der Waals surface area contributed by atoms with Crippen LogP contribution in [-0.4, -0.2) is 18.1 Å². The first kappa shape index (κ1) is 19.5. The summed E-state index contributed by atoms with van der Waals surface area (Å²) >= 11 is 2.13. The lowest BCUT2D eigenvalue weighted by Crippen LogP contribution is -2.18. The van der Waals surface area contributed by atoms with Gasteiger partial charge in [0.15, 0.2) is 0 Å². The van der Waals surface area contributed by atoms with Gasteiger partial charge in [0.25, 0.3) is 0 Å². The van der Waals surface area contributed by atoms with E-state index in [1.807, 2.05) is 0 Å². The quantitative estimate of drug-likeness (QED) is 0.583. The van der Waals surface area contributed by atoms with E-state index >= 15 is 0 Å². The molecule has 0 fully saturated rings. The molecule has 26 heavy (non-hydrogen) atoms. The van der Waals surface area contributed by atoms with Crippen molar-refractivity contribution in [1.29, 1.82) is 0 Å². The largest absolute Gasteiger partial charge is 0.330 e. The van der Waals surface area contributed by atoms with E-state index in [2.05, 4.69) is 67.2 Å². The Morgan fingerprint density at radius 3 is 2.73 bits per heavy atom. The van der Waals surface area contributed by atoms with Gasteiger partial charge in [-0.1, -0.05) is 61.9 Å². The second kappa shape index (κ2) is 10.2. The van der Waals surface area contributed by atoms with Crippen molar-refractivity contribution >= 4 is 11.8 Å². The van der Waals surface area contributed by atoms with Crippen molar-refractivity contribution in [3.8, 4) is 0 Å². The Bertz CT molecular complexity index is 667. The molecule has 2 unspecified atom stereocenters. The summed E-state index contributed by atoms with van der Waals surface area (Å²) in [5.41, 5.74) is 12.1. The lowest BCUT2D eigenvalue weighted by atomic mass is 9.82. The molecule has 2 aromatic rings. The molecule has 2 heteroatoms. The summed E-state index contributed by atoms with van der Waals surface area (Å²) in [5.74, 6) is 3.92. The summed E-state index contributed by atoms with van der Waals surface area (Å²) < 4.78 is 0. The molecule has 0 radical (unpaired) electrons. The molecule has 140 valence electrons. The van der Waals surface area contributed by atoms with Gasteiger partial charge in [-0.05, 0) is 84.2 Å². The fourth-order valence-electron chi connectivity index (χ4n) is 4.10. The first-order valence-corrected chi connectivity index (χ1v) is 11.4. The fourth-order valence-corrected chi connectivity index (χ4v) is 5.26. The van der Waals surface area contributed by atoms with Crippen LogP contribution >= 0.6 is 11.8 Å². The van der Waals surface area contributed by atoms with E-state index in [1.165, 1.54) is 61.2 Å². The van der Waals surface area contributed by atoms with Crippen molar-refractivity contribution in [2.45, 2.75) is 51.4 Å². The summed E-state index contributed by atoms with van der Waals surface area (Å²) in [6.07, 6.45) is 7.45.